The van der Waals surface area contributed by atoms with Gasteiger partial charge in [0.15, 0.2) is 0 Å². The van der Waals surface area contributed by atoms with Gasteiger partial charge in [0.05, 0.1) is 0 Å². The zero-order valence-corrected chi connectivity index (χ0v) is 10.6. The number of carbonyl (C=O) groups excluding carboxylic acids is 2. The third-order valence-electron chi connectivity index (χ3n) is 1.47. The summed E-state index contributed by atoms with van der Waals surface area (Å²) >= 11 is 0. The fourth-order valence-corrected chi connectivity index (χ4v) is 0.795. The molecule has 2 N–H and O–H groups in total. The molecular weight excluding hydrogens is 193 g/mol. The van der Waals surface area contributed by atoms with Crippen LogP contribution in [0.5, 0.6) is 0 Å². The van der Waals surface area contributed by atoms with Crippen LogP contribution in [0.2, 0.25) is 0 Å². The van der Waals surface area contributed by atoms with Crippen LogP contribution in [0, 0.1) is 0 Å². The van der Waals surface area contributed by atoms with Crippen LogP contribution < -0.4 is 35.3 Å². The Morgan fingerprint density at radius 2 is 2.00 bits per heavy atom. The van der Waals surface area contributed by atoms with Crippen molar-refractivity contribution in [3.8, 4) is 0 Å². The molecule has 76 valence electrons. The second kappa shape index (κ2) is 10.9. The van der Waals surface area contributed by atoms with Crippen LogP contribution in [-0.4, -0.2) is 18.5 Å². The Morgan fingerprint density at radius 1 is 1.36 bits per heavy atom. The van der Waals surface area contributed by atoms with Crippen molar-refractivity contribution in [3.05, 3.63) is 12.7 Å². The largest absolute Gasteiger partial charge is 1.00 e. The average Bonchev–Trinajstić information content (AvgIpc) is 2.12. The van der Waals surface area contributed by atoms with Gasteiger partial charge in [-0.1, -0.05) is 13.0 Å². The third kappa shape index (κ3) is 9.92. The second-order valence-corrected chi connectivity index (χ2v) is 2.60. The van der Waals surface area contributed by atoms with E-state index < -0.39 is 11.9 Å². The topological polar surface area (TPSA) is 69.4 Å². The van der Waals surface area contributed by atoms with Gasteiger partial charge in [-0.3, -0.25) is 4.79 Å². The molecule has 0 heterocycles. The van der Waals surface area contributed by atoms with Gasteiger partial charge in [-0.15, -0.1) is 0 Å². The van der Waals surface area contributed by atoms with Gasteiger partial charge in [-0.25, -0.2) is 4.79 Å². The van der Waals surface area contributed by atoms with E-state index in [1.165, 1.54) is 0 Å². The SMILES string of the molecule is C=CC(=O)OC(=O)CCCCCN.[H-].[Na+]. The van der Waals surface area contributed by atoms with E-state index in [2.05, 4.69) is 11.3 Å². The summed E-state index contributed by atoms with van der Waals surface area (Å²) < 4.78 is 4.35. The van der Waals surface area contributed by atoms with Crippen molar-refractivity contribution < 1.29 is 45.3 Å². The maximum absolute atomic E-state index is 10.9. The molecule has 0 spiro atoms. The predicted molar refractivity (Wildman–Crippen MR) is 49.9 cm³/mol. The summed E-state index contributed by atoms with van der Waals surface area (Å²) in [5.74, 6) is -1.19. The van der Waals surface area contributed by atoms with E-state index in [9.17, 15) is 9.59 Å². The van der Waals surface area contributed by atoms with Crippen LogP contribution in [0.4, 0.5) is 0 Å². The third-order valence-corrected chi connectivity index (χ3v) is 1.47. The summed E-state index contributed by atoms with van der Waals surface area (Å²) in [7, 11) is 0. The number of rotatable bonds is 6. The van der Waals surface area contributed by atoms with E-state index in [1.807, 2.05) is 0 Å². The molecule has 14 heavy (non-hydrogen) atoms. The van der Waals surface area contributed by atoms with Crippen molar-refractivity contribution in [3.63, 3.8) is 0 Å². The van der Waals surface area contributed by atoms with E-state index in [0.717, 1.165) is 18.9 Å². The minimum Gasteiger partial charge on any atom is -1.00 e. The number of hydrogen-bond donors (Lipinski definition) is 1. The molecular formula is C9H16NNaO3. The average molecular weight is 209 g/mol. The van der Waals surface area contributed by atoms with Crippen LogP contribution >= 0.6 is 0 Å². The van der Waals surface area contributed by atoms with E-state index in [0.29, 0.717) is 13.0 Å². The normalized spacial score (nSPS) is 8.64. The smallest absolute Gasteiger partial charge is 1.00 e. The molecule has 0 aromatic rings. The van der Waals surface area contributed by atoms with E-state index in [1.54, 1.807) is 0 Å². The number of carbonyl (C=O) groups is 2. The van der Waals surface area contributed by atoms with E-state index in [-0.39, 0.29) is 37.4 Å². The molecule has 0 saturated heterocycles. The first kappa shape index (κ1) is 16.3. The minimum atomic E-state index is -0.691. The first-order chi connectivity index (χ1) is 6.20. The van der Waals surface area contributed by atoms with Crippen molar-refractivity contribution in [1.82, 2.24) is 0 Å². The van der Waals surface area contributed by atoms with Crippen LogP contribution in [0.1, 0.15) is 27.1 Å². The van der Waals surface area contributed by atoms with Crippen molar-refractivity contribution in [2.75, 3.05) is 6.54 Å². The van der Waals surface area contributed by atoms with Crippen molar-refractivity contribution in [2.24, 2.45) is 5.73 Å². The molecule has 0 aromatic heterocycles. The molecule has 4 nitrogen and oxygen atoms in total. The van der Waals surface area contributed by atoms with E-state index >= 15 is 0 Å². The molecule has 0 aromatic carbocycles. The summed E-state index contributed by atoms with van der Waals surface area (Å²) in [6.45, 7) is 3.81. The van der Waals surface area contributed by atoms with Crippen LogP contribution in [0.25, 0.3) is 0 Å². The Morgan fingerprint density at radius 3 is 2.50 bits per heavy atom. The monoisotopic (exact) mass is 209 g/mol. The van der Waals surface area contributed by atoms with Gasteiger partial charge >= 0.3 is 41.5 Å². The molecule has 0 fully saturated rings. The number of esters is 2. The second-order valence-electron chi connectivity index (χ2n) is 2.60. The summed E-state index contributed by atoms with van der Waals surface area (Å²) in [6, 6.07) is 0. The molecule has 0 rings (SSSR count). The molecule has 0 unspecified atom stereocenters. The number of hydrogen-bond acceptors (Lipinski definition) is 4. The Balaban J connectivity index is -0.000000720. The Labute approximate surface area is 108 Å². The van der Waals surface area contributed by atoms with Gasteiger partial charge in [-0.05, 0) is 19.4 Å². The van der Waals surface area contributed by atoms with Gasteiger partial charge in [-0.2, -0.15) is 0 Å². The van der Waals surface area contributed by atoms with Gasteiger partial charge < -0.3 is 11.9 Å². The van der Waals surface area contributed by atoms with Gasteiger partial charge in [0.1, 0.15) is 0 Å². The van der Waals surface area contributed by atoms with Gasteiger partial charge in [0, 0.05) is 12.5 Å². The van der Waals surface area contributed by atoms with Gasteiger partial charge in [0.25, 0.3) is 0 Å². The van der Waals surface area contributed by atoms with Crippen LogP contribution in [-0.2, 0) is 14.3 Å². The van der Waals surface area contributed by atoms with Gasteiger partial charge in [0.2, 0.25) is 0 Å². The summed E-state index contributed by atoms with van der Waals surface area (Å²) in [5, 5.41) is 0. The van der Waals surface area contributed by atoms with Crippen LogP contribution in [0.15, 0.2) is 12.7 Å². The first-order valence-corrected chi connectivity index (χ1v) is 4.28. The van der Waals surface area contributed by atoms with Crippen molar-refractivity contribution >= 4 is 11.9 Å². The predicted octanol–water partition coefficient (Wildman–Crippen LogP) is -2.12. The molecule has 0 aliphatic carbocycles. The first-order valence-electron chi connectivity index (χ1n) is 4.28. The van der Waals surface area contributed by atoms with E-state index in [4.69, 9.17) is 5.73 Å². The molecule has 0 bridgehead atoms. The Bertz CT molecular complexity index is 200. The quantitative estimate of drug-likeness (QED) is 0.178. The fourth-order valence-electron chi connectivity index (χ4n) is 0.795. The number of nitrogens with two attached hydrogens (primary N) is 1. The van der Waals surface area contributed by atoms with Crippen LogP contribution in [0.3, 0.4) is 0 Å². The molecule has 0 aliphatic heterocycles. The molecule has 5 heteroatoms. The maximum Gasteiger partial charge on any atom is 1.00 e. The summed E-state index contributed by atoms with van der Waals surface area (Å²) in [4.78, 5) is 21.4. The van der Waals surface area contributed by atoms with Crippen molar-refractivity contribution in [1.29, 1.82) is 0 Å². The van der Waals surface area contributed by atoms with Crippen molar-refractivity contribution in [2.45, 2.75) is 25.7 Å². The zero-order chi connectivity index (χ0) is 10.1. The summed E-state index contributed by atoms with van der Waals surface area (Å²) in [6.07, 6.45) is 3.72. The maximum atomic E-state index is 10.9. The standard InChI is InChI=1S/C9H15NO3.Na.H/c1-2-8(11)13-9(12)6-4-3-5-7-10;;/h2H,1,3-7,10H2;;/q;+1;-1. The Kier molecular flexibility index (Phi) is 12.7. The molecule has 0 atom stereocenters. The summed E-state index contributed by atoms with van der Waals surface area (Å²) in [5.41, 5.74) is 5.26. The number of unbranched alkanes of at least 4 members (excludes halogenated alkanes) is 2. The minimum absolute atomic E-state index is 0. The Hall–Kier alpha value is -0.160. The molecule has 0 radical (unpaired) electrons. The molecule has 0 aliphatic rings. The zero-order valence-electron chi connectivity index (χ0n) is 9.62. The molecule has 0 amide bonds. The fraction of sp³-hybridized carbons (Fsp3) is 0.556. The number of ether oxygens (including phenoxy) is 1. The molecule has 0 saturated carbocycles.